The van der Waals surface area contributed by atoms with Crippen molar-refractivity contribution in [1.29, 1.82) is 0 Å². The summed E-state index contributed by atoms with van der Waals surface area (Å²) in [7, 11) is 0. The summed E-state index contributed by atoms with van der Waals surface area (Å²) in [4.78, 5) is 12.6. The van der Waals surface area contributed by atoms with Gasteiger partial charge < -0.3 is 5.32 Å². The van der Waals surface area contributed by atoms with Gasteiger partial charge in [0.25, 0.3) is 5.91 Å². The Morgan fingerprint density at radius 2 is 2.12 bits per heavy atom. The minimum Gasteiger partial charge on any atom is -0.319 e. The van der Waals surface area contributed by atoms with Crippen molar-refractivity contribution in [2.75, 3.05) is 5.32 Å². The molecule has 0 saturated heterocycles. The first-order chi connectivity index (χ1) is 11.5. The number of carbonyl (C=O) groups excluding carboxylic acids is 1. The van der Waals surface area contributed by atoms with Gasteiger partial charge in [0.15, 0.2) is 0 Å². The molecule has 0 unspecified atom stereocenters. The molecule has 0 saturated carbocycles. The van der Waals surface area contributed by atoms with Crippen LogP contribution in [0.4, 0.5) is 5.69 Å². The first-order valence-corrected chi connectivity index (χ1v) is 7.77. The second-order valence-electron chi connectivity index (χ2n) is 5.23. The SMILES string of the molecule is CCn1nc(C)c(NC(=O)c2ccc(-n3cnnn3)cc2Cl)c1C. The molecule has 2 aromatic heterocycles. The van der Waals surface area contributed by atoms with E-state index in [1.807, 2.05) is 25.5 Å². The lowest BCUT2D eigenvalue weighted by Crippen LogP contribution is -2.14. The zero-order chi connectivity index (χ0) is 17.3. The highest BCUT2D eigenvalue weighted by molar-refractivity contribution is 6.34. The molecule has 1 aromatic carbocycles. The molecule has 0 fully saturated rings. The largest absolute Gasteiger partial charge is 0.319 e. The van der Waals surface area contributed by atoms with Gasteiger partial charge in [0, 0.05) is 6.54 Å². The summed E-state index contributed by atoms with van der Waals surface area (Å²) < 4.78 is 3.31. The highest BCUT2D eigenvalue weighted by Crippen LogP contribution is 2.24. The maximum absolute atomic E-state index is 12.6. The molecule has 3 aromatic rings. The Hall–Kier alpha value is -2.74. The molecule has 0 aliphatic carbocycles. The fraction of sp³-hybridized carbons (Fsp3) is 0.267. The quantitative estimate of drug-likeness (QED) is 0.784. The van der Waals surface area contributed by atoms with E-state index < -0.39 is 0 Å². The molecule has 8 nitrogen and oxygen atoms in total. The number of hydrogen-bond acceptors (Lipinski definition) is 5. The number of benzene rings is 1. The van der Waals surface area contributed by atoms with Gasteiger partial charge in [-0.2, -0.15) is 5.10 Å². The Bertz CT molecular complexity index is 886. The topological polar surface area (TPSA) is 90.5 Å². The van der Waals surface area contributed by atoms with Gasteiger partial charge in [-0.05, 0) is 49.4 Å². The summed E-state index contributed by atoms with van der Waals surface area (Å²) in [5, 5.41) is 18.5. The van der Waals surface area contributed by atoms with Crippen LogP contribution >= 0.6 is 11.6 Å². The van der Waals surface area contributed by atoms with Crippen molar-refractivity contribution in [3.63, 3.8) is 0 Å². The molecule has 0 aliphatic heterocycles. The smallest absolute Gasteiger partial charge is 0.257 e. The average Bonchev–Trinajstić information content (AvgIpc) is 3.18. The molecule has 124 valence electrons. The van der Waals surface area contributed by atoms with Crippen molar-refractivity contribution in [2.45, 2.75) is 27.3 Å². The van der Waals surface area contributed by atoms with E-state index in [9.17, 15) is 4.79 Å². The summed E-state index contributed by atoms with van der Waals surface area (Å²) in [6.45, 7) is 6.52. The van der Waals surface area contributed by atoms with Crippen molar-refractivity contribution >= 4 is 23.2 Å². The number of hydrogen-bond donors (Lipinski definition) is 1. The van der Waals surface area contributed by atoms with Gasteiger partial charge in [-0.25, -0.2) is 4.68 Å². The predicted molar refractivity (Wildman–Crippen MR) is 89.5 cm³/mol. The van der Waals surface area contributed by atoms with Gasteiger partial charge in [-0.15, -0.1) is 5.10 Å². The van der Waals surface area contributed by atoms with E-state index in [1.165, 1.54) is 11.0 Å². The first kappa shape index (κ1) is 16.1. The van der Waals surface area contributed by atoms with E-state index in [2.05, 4.69) is 25.9 Å². The van der Waals surface area contributed by atoms with Gasteiger partial charge in [-0.3, -0.25) is 9.48 Å². The second-order valence-corrected chi connectivity index (χ2v) is 5.64. The van der Waals surface area contributed by atoms with Crippen molar-refractivity contribution in [1.82, 2.24) is 30.0 Å². The zero-order valence-corrected chi connectivity index (χ0v) is 14.2. The summed E-state index contributed by atoms with van der Waals surface area (Å²) in [6.07, 6.45) is 1.46. The van der Waals surface area contributed by atoms with Crippen molar-refractivity contribution in [3.05, 3.63) is 46.5 Å². The molecule has 0 radical (unpaired) electrons. The molecule has 3 rings (SSSR count). The van der Waals surface area contributed by atoms with E-state index >= 15 is 0 Å². The molecule has 1 amide bonds. The molecule has 9 heteroatoms. The third-order valence-electron chi connectivity index (χ3n) is 3.73. The number of halogens is 1. The minimum atomic E-state index is -0.287. The first-order valence-electron chi connectivity index (χ1n) is 7.39. The highest BCUT2D eigenvalue weighted by Gasteiger charge is 2.17. The molecule has 24 heavy (non-hydrogen) atoms. The number of aryl methyl sites for hydroxylation is 2. The van der Waals surface area contributed by atoms with Gasteiger partial charge in [0.05, 0.1) is 33.3 Å². The van der Waals surface area contributed by atoms with Crippen molar-refractivity contribution < 1.29 is 4.79 Å². The Labute approximate surface area is 143 Å². The van der Waals surface area contributed by atoms with Gasteiger partial charge in [0.2, 0.25) is 0 Å². The van der Waals surface area contributed by atoms with Gasteiger partial charge >= 0.3 is 0 Å². The maximum Gasteiger partial charge on any atom is 0.257 e. The molecule has 0 spiro atoms. The summed E-state index contributed by atoms with van der Waals surface area (Å²) in [6, 6.07) is 5.01. The molecule has 0 bridgehead atoms. The highest BCUT2D eigenvalue weighted by atomic mass is 35.5. The number of tetrazole rings is 1. The third-order valence-corrected chi connectivity index (χ3v) is 4.04. The van der Waals surface area contributed by atoms with Crippen LogP contribution < -0.4 is 5.32 Å². The fourth-order valence-corrected chi connectivity index (χ4v) is 2.74. The average molecular weight is 346 g/mol. The number of aromatic nitrogens is 6. The Morgan fingerprint density at radius 1 is 1.33 bits per heavy atom. The molecule has 0 aliphatic rings. The Kier molecular flexibility index (Phi) is 4.30. The summed E-state index contributed by atoms with van der Waals surface area (Å²) in [5.74, 6) is -0.287. The van der Waals surface area contributed by atoms with Crippen LogP contribution in [-0.4, -0.2) is 35.9 Å². The number of rotatable bonds is 4. The van der Waals surface area contributed by atoms with Gasteiger partial charge in [-0.1, -0.05) is 11.6 Å². The van der Waals surface area contributed by atoms with Crippen molar-refractivity contribution in [3.8, 4) is 5.69 Å². The van der Waals surface area contributed by atoms with E-state index in [4.69, 9.17) is 11.6 Å². The Morgan fingerprint density at radius 3 is 2.71 bits per heavy atom. The number of anilines is 1. The van der Waals surface area contributed by atoms with E-state index in [-0.39, 0.29) is 5.91 Å². The second kappa shape index (κ2) is 6.40. The molecule has 2 heterocycles. The Balaban J connectivity index is 1.87. The number of carbonyl (C=O) groups is 1. The number of amides is 1. The van der Waals surface area contributed by atoms with E-state index in [0.717, 1.165) is 17.9 Å². The van der Waals surface area contributed by atoms with Crippen LogP contribution in [0.15, 0.2) is 24.5 Å². The maximum atomic E-state index is 12.6. The summed E-state index contributed by atoms with van der Waals surface area (Å²) in [5.41, 5.74) is 3.43. The molecule has 1 N–H and O–H groups in total. The van der Waals surface area contributed by atoms with Gasteiger partial charge in [0.1, 0.15) is 6.33 Å². The number of nitrogens with one attached hydrogen (secondary N) is 1. The molecular weight excluding hydrogens is 330 g/mol. The van der Waals surface area contributed by atoms with Crippen LogP contribution in [0.2, 0.25) is 5.02 Å². The minimum absolute atomic E-state index is 0.287. The van der Waals surface area contributed by atoms with E-state index in [1.54, 1.807) is 18.2 Å². The lowest BCUT2D eigenvalue weighted by Gasteiger charge is -2.09. The van der Waals surface area contributed by atoms with Crippen LogP contribution in [0, 0.1) is 13.8 Å². The molecular formula is C15H16ClN7O. The standard InChI is InChI=1S/C15H16ClN7O/c1-4-22-10(3)14(9(2)19-22)18-15(24)12-6-5-11(7-13(12)16)23-8-17-20-21-23/h5-8H,4H2,1-3H3,(H,18,24). The van der Waals surface area contributed by atoms with Crippen LogP contribution in [0.5, 0.6) is 0 Å². The van der Waals surface area contributed by atoms with Crippen LogP contribution in [0.1, 0.15) is 28.7 Å². The molecule has 0 atom stereocenters. The van der Waals surface area contributed by atoms with Crippen LogP contribution in [0.3, 0.4) is 0 Å². The fourth-order valence-electron chi connectivity index (χ4n) is 2.48. The van der Waals surface area contributed by atoms with Crippen LogP contribution in [0.25, 0.3) is 5.69 Å². The third kappa shape index (κ3) is 2.88. The van der Waals surface area contributed by atoms with E-state index in [0.29, 0.717) is 22.0 Å². The number of nitrogens with zero attached hydrogens (tertiary/aromatic N) is 6. The van der Waals surface area contributed by atoms with Crippen LogP contribution in [-0.2, 0) is 6.54 Å². The summed E-state index contributed by atoms with van der Waals surface area (Å²) >= 11 is 6.26. The predicted octanol–water partition coefficient (Wildman–Crippen LogP) is 2.40. The lowest BCUT2D eigenvalue weighted by molar-refractivity contribution is 0.102. The van der Waals surface area contributed by atoms with Crippen molar-refractivity contribution in [2.24, 2.45) is 0 Å². The zero-order valence-electron chi connectivity index (χ0n) is 13.5. The monoisotopic (exact) mass is 345 g/mol. The normalized spacial score (nSPS) is 10.8. The lowest BCUT2D eigenvalue weighted by atomic mass is 10.2.